The number of carbonyl (C=O) groups excluding carboxylic acids is 1. The highest BCUT2D eigenvalue weighted by molar-refractivity contribution is 5.99. The maximum atomic E-state index is 12.5. The third-order valence-corrected chi connectivity index (χ3v) is 5.33. The molecule has 3 aliphatic rings. The van der Waals surface area contributed by atoms with Gasteiger partial charge >= 0.3 is 0 Å². The SMILES string of the molecule is O=C(NCC1CC2CCC1C2)c1cccc2c1OCCN2. The maximum Gasteiger partial charge on any atom is 0.255 e. The number of fused-ring (bicyclic) bond motifs is 3. The fraction of sp³-hybridized carbons (Fsp3) is 0.588. The molecule has 112 valence electrons. The highest BCUT2D eigenvalue weighted by atomic mass is 16.5. The summed E-state index contributed by atoms with van der Waals surface area (Å²) in [6.07, 6.45) is 5.45. The van der Waals surface area contributed by atoms with E-state index in [2.05, 4.69) is 10.6 Å². The molecule has 2 bridgehead atoms. The Kier molecular flexibility index (Phi) is 3.24. The van der Waals surface area contributed by atoms with Crippen molar-refractivity contribution in [2.24, 2.45) is 17.8 Å². The minimum Gasteiger partial charge on any atom is -0.489 e. The van der Waals surface area contributed by atoms with Crippen molar-refractivity contribution in [1.82, 2.24) is 5.32 Å². The number of hydrogen-bond acceptors (Lipinski definition) is 3. The first kappa shape index (κ1) is 13.0. The van der Waals surface area contributed by atoms with Gasteiger partial charge in [0.15, 0.2) is 5.75 Å². The van der Waals surface area contributed by atoms with E-state index < -0.39 is 0 Å². The number of anilines is 1. The monoisotopic (exact) mass is 286 g/mol. The van der Waals surface area contributed by atoms with Gasteiger partial charge in [-0.15, -0.1) is 0 Å². The van der Waals surface area contributed by atoms with Crippen molar-refractivity contribution in [3.8, 4) is 5.75 Å². The predicted molar refractivity (Wildman–Crippen MR) is 81.7 cm³/mol. The van der Waals surface area contributed by atoms with Gasteiger partial charge in [-0.25, -0.2) is 0 Å². The first-order valence-corrected chi connectivity index (χ1v) is 8.09. The van der Waals surface area contributed by atoms with E-state index in [0.29, 0.717) is 23.8 Å². The second-order valence-electron chi connectivity index (χ2n) is 6.60. The number of nitrogens with one attached hydrogen (secondary N) is 2. The normalized spacial score (nSPS) is 29.4. The van der Waals surface area contributed by atoms with Gasteiger partial charge in [-0.3, -0.25) is 4.79 Å². The molecule has 1 heterocycles. The molecule has 2 N–H and O–H groups in total. The molecule has 1 amide bonds. The third-order valence-electron chi connectivity index (χ3n) is 5.33. The minimum atomic E-state index is -0.00155. The van der Waals surface area contributed by atoms with E-state index in [0.717, 1.165) is 30.6 Å². The van der Waals surface area contributed by atoms with E-state index in [4.69, 9.17) is 4.74 Å². The van der Waals surface area contributed by atoms with Crippen LogP contribution in [-0.2, 0) is 0 Å². The van der Waals surface area contributed by atoms with Gasteiger partial charge in [0.2, 0.25) is 0 Å². The highest BCUT2D eigenvalue weighted by Gasteiger charge is 2.39. The minimum absolute atomic E-state index is 0.00155. The molecule has 1 aromatic rings. The van der Waals surface area contributed by atoms with Crippen LogP contribution in [0.5, 0.6) is 5.75 Å². The molecule has 4 heteroatoms. The van der Waals surface area contributed by atoms with Crippen LogP contribution in [0.25, 0.3) is 0 Å². The lowest BCUT2D eigenvalue weighted by Crippen LogP contribution is -2.32. The van der Waals surface area contributed by atoms with Crippen molar-refractivity contribution in [3.63, 3.8) is 0 Å². The lowest BCUT2D eigenvalue weighted by Gasteiger charge is -2.23. The number of benzene rings is 1. The fourth-order valence-corrected chi connectivity index (χ4v) is 4.29. The van der Waals surface area contributed by atoms with E-state index in [1.807, 2.05) is 18.2 Å². The second kappa shape index (κ2) is 5.24. The topological polar surface area (TPSA) is 50.4 Å². The van der Waals surface area contributed by atoms with Crippen molar-refractivity contribution < 1.29 is 9.53 Å². The summed E-state index contributed by atoms with van der Waals surface area (Å²) in [5.41, 5.74) is 1.58. The number of rotatable bonds is 3. The standard InChI is InChI=1S/C17H22N2O2/c20-17(19-10-13-9-11-4-5-12(13)8-11)14-2-1-3-15-16(14)21-7-6-18-15/h1-3,11-13,18H,4-10H2,(H,19,20). The van der Waals surface area contributed by atoms with E-state index in [9.17, 15) is 4.79 Å². The molecule has 2 aliphatic carbocycles. The van der Waals surface area contributed by atoms with Crippen LogP contribution in [0.3, 0.4) is 0 Å². The molecular weight excluding hydrogens is 264 g/mol. The summed E-state index contributed by atoms with van der Waals surface area (Å²) in [7, 11) is 0. The molecule has 4 nitrogen and oxygen atoms in total. The molecule has 4 rings (SSSR count). The van der Waals surface area contributed by atoms with E-state index in [-0.39, 0.29) is 5.91 Å². The second-order valence-corrected chi connectivity index (χ2v) is 6.60. The third kappa shape index (κ3) is 2.37. The number of amides is 1. The van der Waals surface area contributed by atoms with Gasteiger partial charge in [-0.1, -0.05) is 12.5 Å². The van der Waals surface area contributed by atoms with Gasteiger partial charge in [-0.05, 0) is 49.1 Å². The molecule has 0 spiro atoms. The summed E-state index contributed by atoms with van der Waals surface area (Å²) >= 11 is 0. The van der Waals surface area contributed by atoms with Crippen LogP contribution >= 0.6 is 0 Å². The molecule has 1 aromatic carbocycles. The molecular formula is C17H22N2O2. The van der Waals surface area contributed by atoms with Crippen molar-refractivity contribution in [2.45, 2.75) is 25.7 Å². The first-order chi connectivity index (χ1) is 10.3. The Morgan fingerprint density at radius 3 is 3.10 bits per heavy atom. The zero-order valence-corrected chi connectivity index (χ0v) is 12.2. The summed E-state index contributed by atoms with van der Waals surface area (Å²) < 4.78 is 5.67. The van der Waals surface area contributed by atoms with Crippen LogP contribution in [0, 0.1) is 17.8 Å². The van der Waals surface area contributed by atoms with Crippen LogP contribution in [0.15, 0.2) is 18.2 Å². The molecule has 21 heavy (non-hydrogen) atoms. The van der Waals surface area contributed by atoms with Crippen molar-refractivity contribution in [2.75, 3.05) is 25.0 Å². The van der Waals surface area contributed by atoms with Crippen LogP contribution in [0.1, 0.15) is 36.0 Å². The van der Waals surface area contributed by atoms with Crippen LogP contribution < -0.4 is 15.4 Å². The van der Waals surface area contributed by atoms with Gasteiger partial charge in [0.1, 0.15) is 6.61 Å². The predicted octanol–water partition coefficient (Wildman–Crippen LogP) is 2.66. The average Bonchev–Trinajstić information content (AvgIpc) is 3.15. The van der Waals surface area contributed by atoms with Crippen LogP contribution in [0.4, 0.5) is 5.69 Å². The molecule has 1 aliphatic heterocycles. The Bertz CT molecular complexity index is 558. The summed E-state index contributed by atoms with van der Waals surface area (Å²) in [6.45, 7) is 2.23. The number of carbonyl (C=O) groups is 1. The van der Waals surface area contributed by atoms with Crippen molar-refractivity contribution in [3.05, 3.63) is 23.8 Å². The fourth-order valence-electron chi connectivity index (χ4n) is 4.29. The summed E-state index contributed by atoms with van der Waals surface area (Å²) in [4.78, 5) is 12.5. The Hall–Kier alpha value is -1.71. The van der Waals surface area contributed by atoms with Crippen molar-refractivity contribution >= 4 is 11.6 Å². The van der Waals surface area contributed by atoms with E-state index in [1.165, 1.54) is 25.7 Å². The van der Waals surface area contributed by atoms with E-state index >= 15 is 0 Å². The van der Waals surface area contributed by atoms with Gasteiger partial charge in [0.05, 0.1) is 11.3 Å². The average molecular weight is 286 g/mol. The molecule has 2 fully saturated rings. The smallest absolute Gasteiger partial charge is 0.255 e. The summed E-state index contributed by atoms with van der Waals surface area (Å²) in [5, 5.41) is 6.40. The molecule has 2 saturated carbocycles. The molecule has 0 saturated heterocycles. The Labute approximate surface area is 125 Å². The van der Waals surface area contributed by atoms with Gasteiger partial charge in [0.25, 0.3) is 5.91 Å². The zero-order chi connectivity index (χ0) is 14.2. The summed E-state index contributed by atoms with van der Waals surface area (Å²) in [5.74, 6) is 3.16. The Morgan fingerprint density at radius 1 is 1.33 bits per heavy atom. The molecule has 3 unspecified atom stereocenters. The van der Waals surface area contributed by atoms with Crippen LogP contribution in [-0.4, -0.2) is 25.6 Å². The summed E-state index contributed by atoms with van der Waals surface area (Å²) in [6, 6.07) is 5.72. The van der Waals surface area contributed by atoms with Gasteiger partial charge in [0, 0.05) is 13.1 Å². The Balaban J connectivity index is 1.43. The van der Waals surface area contributed by atoms with Gasteiger partial charge < -0.3 is 15.4 Å². The lowest BCUT2D eigenvalue weighted by atomic mass is 9.89. The molecule has 0 radical (unpaired) electrons. The molecule has 3 atom stereocenters. The van der Waals surface area contributed by atoms with Crippen molar-refractivity contribution in [1.29, 1.82) is 0 Å². The highest BCUT2D eigenvalue weighted by Crippen LogP contribution is 2.48. The zero-order valence-electron chi connectivity index (χ0n) is 12.2. The van der Waals surface area contributed by atoms with E-state index in [1.54, 1.807) is 0 Å². The number of para-hydroxylation sites is 1. The van der Waals surface area contributed by atoms with Crippen LogP contribution in [0.2, 0.25) is 0 Å². The quantitative estimate of drug-likeness (QED) is 0.898. The maximum absolute atomic E-state index is 12.5. The lowest BCUT2D eigenvalue weighted by molar-refractivity contribution is 0.0937. The van der Waals surface area contributed by atoms with Gasteiger partial charge in [-0.2, -0.15) is 0 Å². The number of ether oxygens (including phenoxy) is 1. The largest absolute Gasteiger partial charge is 0.489 e. The first-order valence-electron chi connectivity index (χ1n) is 8.09. The molecule has 0 aromatic heterocycles. The Morgan fingerprint density at radius 2 is 2.29 bits per heavy atom. The number of hydrogen-bond donors (Lipinski definition) is 2.